The van der Waals surface area contributed by atoms with Crippen LogP contribution in [0.1, 0.15) is 20.3 Å². The van der Waals surface area contributed by atoms with Crippen molar-refractivity contribution in [3.8, 4) is 0 Å². The predicted molar refractivity (Wildman–Crippen MR) is 74.5 cm³/mol. The lowest BCUT2D eigenvalue weighted by atomic mass is 10.3. The third kappa shape index (κ3) is 4.75. The van der Waals surface area contributed by atoms with Gasteiger partial charge in [-0.05, 0) is 31.7 Å². The molecule has 0 spiro atoms. The normalized spacial score (nSPS) is 12.2. The highest BCUT2D eigenvalue weighted by molar-refractivity contribution is 7.99. The molecular formula is C12H21N3S. The first kappa shape index (κ1) is 13.2. The Morgan fingerprint density at radius 3 is 2.62 bits per heavy atom. The van der Waals surface area contributed by atoms with Crippen molar-refractivity contribution in [3.63, 3.8) is 0 Å². The van der Waals surface area contributed by atoms with E-state index < -0.39 is 0 Å². The smallest absolute Gasteiger partial charge is 0.128 e. The van der Waals surface area contributed by atoms with Crippen molar-refractivity contribution in [1.29, 1.82) is 0 Å². The zero-order valence-electron chi connectivity index (χ0n) is 10.3. The Balaban J connectivity index is 2.38. The van der Waals surface area contributed by atoms with E-state index in [1.165, 1.54) is 0 Å². The number of hydrogen-bond acceptors (Lipinski definition) is 4. The zero-order valence-corrected chi connectivity index (χ0v) is 11.1. The quantitative estimate of drug-likeness (QED) is 0.767. The van der Waals surface area contributed by atoms with Crippen molar-refractivity contribution in [2.24, 2.45) is 0 Å². The minimum Gasteiger partial charge on any atom is -0.370 e. The Kier molecular flexibility index (Phi) is 6.08. The third-order valence-corrected chi connectivity index (χ3v) is 3.41. The third-order valence-electron chi connectivity index (χ3n) is 2.37. The molecular weight excluding hydrogens is 218 g/mol. The first-order valence-electron chi connectivity index (χ1n) is 5.73. The molecule has 3 nitrogen and oxygen atoms in total. The molecule has 0 aliphatic carbocycles. The summed E-state index contributed by atoms with van der Waals surface area (Å²) in [6, 6.07) is 6.01. The summed E-state index contributed by atoms with van der Waals surface area (Å²) in [6.07, 6.45) is 3.31. The summed E-state index contributed by atoms with van der Waals surface area (Å²) in [4.78, 5) is 4.46. The molecule has 0 bridgehead atoms. The number of hydrogen-bond donors (Lipinski definition) is 2. The van der Waals surface area contributed by atoms with Crippen LogP contribution < -0.4 is 10.6 Å². The van der Waals surface area contributed by atoms with E-state index in [0.717, 1.165) is 31.1 Å². The van der Waals surface area contributed by atoms with Crippen LogP contribution in [-0.2, 0) is 0 Å². The van der Waals surface area contributed by atoms with Gasteiger partial charge in [0.15, 0.2) is 0 Å². The maximum absolute atomic E-state index is 4.46. The van der Waals surface area contributed by atoms with Gasteiger partial charge in [0.2, 0.25) is 0 Å². The van der Waals surface area contributed by atoms with Crippen LogP contribution in [0.5, 0.6) is 0 Å². The molecule has 1 heterocycles. The van der Waals surface area contributed by atoms with Gasteiger partial charge in [0.25, 0.3) is 0 Å². The number of aromatic nitrogens is 1. The second-order valence-corrected chi connectivity index (χ2v) is 4.98. The summed E-state index contributed by atoms with van der Waals surface area (Å²) in [5.74, 6) is 1.89. The number of nitrogens with zero attached hydrogens (tertiary/aromatic N) is 1. The lowest BCUT2D eigenvalue weighted by molar-refractivity contribution is 0.850. The van der Waals surface area contributed by atoms with E-state index in [1.54, 1.807) is 0 Å². The standard InChI is InChI=1S/C12H21N3S/c1-4-13-11-6-5-7-12(15-11)14-9-8-10(2)16-3/h5-7,10H,4,8-9H2,1-3H3,(H2,13,14,15). The highest BCUT2D eigenvalue weighted by Gasteiger charge is 1.99. The topological polar surface area (TPSA) is 37.0 Å². The highest BCUT2D eigenvalue weighted by Crippen LogP contribution is 2.11. The fourth-order valence-corrected chi connectivity index (χ4v) is 1.69. The SMILES string of the molecule is CCNc1cccc(NCCC(C)SC)n1. The van der Waals surface area contributed by atoms with Crippen LogP contribution in [0.25, 0.3) is 0 Å². The minimum absolute atomic E-state index is 0.699. The molecule has 0 aliphatic rings. The first-order chi connectivity index (χ1) is 7.76. The van der Waals surface area contributed by atoms with Crippen LogP contribution in [0.15, 0.2) is 18.2 Å². The second kappa shape index (κ2) is 7.39. The molecule has 16 heavy (non-hydrogen) atoms. The molecule has 1 unspecified atom stereocenters. The van der Waals surface area contributed by atoms with Gasteiger partial charge >= 0.3 is 0 Å². The average molecular weight is 239 g/mol. The van der Waals surface area contributed by atoms with E-state index in [0.29, 0.717) is 5.25 Å². The molecule has 0 fully saturated rings. The maximum Gasteiger partial charge on any atom is 0.128 e. The van der Waals surface area contributed by atoms with Crippen LogP contribution in [0, 0.1) is 0 Å². The van der Waals surface area contributed by atoms with E-state index in [-0.39, 0.29) is 0 Å². The van der Waals surface area contributed by atoms with Gasteiger partial charge in [-0.15, -0.1) is 0 Å². The fraction of sp³-hybridized carbons (Fsp3) is 0.583. The summed E-state index contributed by atoms with van der Waals surface area (Å²) in [5, 5.41) is 7.25. The summed E-state index contributed by atoms with van der Waals surface area (Å²) in [5.41, 5.74) is 0. The van der Waals surface area contributed by atoms with Gasteiger partial charge in [-0.25, -0.2) is 4.98 Å². The molecule has 90 valence electrons. The van der Waals surface area contributed by atoms with Crippen LogP contribution in [-0.4, -0.2) is 29.6 Å². The monoisotopic (exact) mass is 239 g/mol. The van der Waals surface area contributed by atoms with E-state index in [1.807, 2.05) is 30.0 Å². The van der Waals surface area contributed by atoms with Gasteiger partial charge in [-0.2, -0.15) is 11.8 Å². The Morgan fingerprint density at radius 2 is 2.00 bits per heavy atom. The van der Waals surface area contributed by atoms with Crippen molar-refractivity contribution in [2.75, 3.05) is 30.0 Å². The van der Waals surface area contributed by atoms with Crippen molar-refractivity contribution in [3.05, 3.63) is 18.2 Å². The summed E-state index contributed by atoms with van der Waals surface area (Å²) in [7, 11) is 0. The van der Waals surface area contributed by atoms with Crippen molar-refractivity contribution in [2.45, 2.75) is 25.5 Å². The number of nitrogens with one attached hydrogen (secondary N) is 2. The van der Waals surface area contributed by atoms with Gasteiger partial charge < -0.3 is 10.6 Å². The Morgan fingerprint density at radius 1 is 1.31 bits per heavy atom. The van der Waals surface area contributed by atoms with Crippen molar-refractivity contribution in [1.82, 2.24) is 4.98 Å². The lowest BCUT2D eigenvalue weighted by Gasteiger charge is -2.10. The molecule has 1 aromatic rings. The van der Waals surface area contributed by atoms with E-state index >= 15 is 0 Å². The molecule has 0 saturated carbocycles. The summed E-state index contributed by atoms with van der Waals surface area (Å²) in [6.45, 7) is 6.20. The predicted octanol–water partition coefficient (Wildman–Crippen LogP) is 3.07. The van der Waals surface area contributed by atoms with Crippen molar-refractivity contribution >= 4 is 23.4 Å². The molecule has 0 radical (unpaired) electrons. The maximum atomic E-state index is 4.46. The van der Waals surface area contributed by atoms with E-state index in [2.05, 4.69) is 35.7 Å². The number of thioether (sulfide) groups is 1. The van der Waals surface area contributed by atoms with Gasteiger partial charge in [-0.1, -0.05) is 13.0 Å². The van der Waals surface area contributed by atoms with Crippen LogP contribution in [0.4, 0.5) is 11.6 Å². The van der Waals surface area contributed by atoms with Crippen LogP contribution in [0.3, 0.4) is 0 Å². The molecule has 0 amide bonds. The van der Waals surface area contributed by atoms with Crippen LogP contribution >= 0.6 is 11.8 Å². The van der Waals surface area contributed by atoms with Crippen molar-refractivity contribution < 1.29 is 0 Å². The average Bonchev–Trinajstić information content (AvgIpc) is 2.30. The Hall–Kier alpha value is -0.900. The molecule has 2 N–H and O–H groups in total. The van der Waals surface area contributed by atoms with Gasteiger partial charge in [0.05, 0.1) is 0 Å². The molecule has 0 aromatic carbocycles. The molecule has 0 saturated heterocycles. The first-order valence-corrected chi connectivity index (χ1v) is 7.02. The summed E-state index contributed by atoms with van der Waals surface area (Å²) < 4.78 is 0. The Labute approximate surface area is 102 Å². The number of rotatable bonds is 7. The lowest BCUT2D eigenvalue weighted by Crippen LogP contribution is -2.09. The largest absolute Gasteiger partial charge is 0.370 e. The molecule has 1 atom stereocenters. The fourth-order valence-electron chi connectivity index (χ4n) is 1.33. The Bertz CT molecular complexity index is 304. The van der Waals surface area contributed by atoms with E-state index in [9.17, 15) is 0 Å². The molecule has 0 aliphatic heterocycles. The summed E-state index contributed by atoms with van der Waals surface area (Å²) >= 11 is 1.90. The van der Waals surface area contributed by atoms with E-state index in [4.69, 9.17) is 0 Å². The van der Waals surface area contributed by atoms with Gasteiger partial charge in [-0.3, -0.25) is 0 Å². The molecule has 4 heteroatoms. The number of anilines is 2. The highest BCUT2D eigenvalue weighted by atomic mass is 32.2. The minimum atomic E-state index is 0.699. The van der Waals surface area contributed by atoms with Gasteiger partial charge in [0, 0.05) is 18.3 Å². The number of pyridine rings is 1. The molecule has 1 aromatic heterocycles. The zero-order chi connectivity index (χ0) is 11.8. The van der Waals surface area contributed by atoms with Crippen LogP contribution in [0.2, 0.25) is 0 Å². The second-order valence-electron chi connectivity index (χ2n) is 3.70. The van der Waals surface area contributed by atoms with Gasteiger partial charge in [0.1, 0.15) is 11.6 Å². The molecule has 1 rings (SSSR count).